The van der Waals surface area contributed by atoms with Crippen molar-refractivity contribution in [1.82, 2.24) is 29.9 Å². The number of ether oxygens (including phenoxy) is 3. The molecule has 0 radical (unpaired) electrons. The zero-order chi connectivity index (χ0) is 28.3. The van der Waals surface area contributed by atoms with E-state index in [1.54, 1.807) is 18.2 Å². The summed E-state index contributed by atoms with van der Waals surface area (Å²) >= 11 is 5.89. The summed E-state index contributed by atoms with van der Waals surface area (Å²) in [4.78, 5) is 8.24. The van der Waals surface area contributed by atoms with Gasteiger partial charge in [0, 0.05) is 31.5 Å². The molecule has 0 aliphatic rings. The molecular formula is C24H28ClN7O6S. The lowest BCUT2D eigenvalue weighted by Gasteiger charge is -2.22. The van der Waals surface area contributed by atoms with Crippen LogP contribution in [0.25, 0.3) is 17.2 Å². The number of rotatable bonds is 11. The summed E-state index contributed by atoms with van der Waals surface area (Å²) < 4.78 is 53.4. The third kappa shape index (κ3) is 5.40. The van der Waals surface area contributed by atoms with Gasteiger partial charge in [0.25, 0.3) is 0 Å². The van der Waals surface area contributed by atoms with E-state index in [4.69, 9.17) is 30.3 Å². The van der Waals surface area contributed by atoms with Gasteiger partial charge >= 0.3 is 0 Å². The largest absolute Gasteiger partial charge is 0.494 e. The number of aromatic nitrogens is 6. The van der Waals surface area contributed by atoms with Crippen molar-refractivity contribution in [3.8, 4) is 28.7 Å². The van der Waals surface area contributed by atoms with Crippen LogP contribution < -0.4 is 14.2 Å². The number of sulfonamides is 1. The van der Waals surface area contributed by atoms with Gasteiger partial charge in [-0.05, 0) is 26.0 Å². The van der Waals surface area contributed by atoms with Crippen LogP contribution in [-0.2, 0) is 21.2 Å². The molecule has 0 saturated heterocycles. The van der Waals surface area contributed by atoms with Crippen LogP contribution in [-0.4, -0.2) is 64.9 Å². The van der Waals surface area contributed by atoms with Crippen molar-refractivity contribution in [2.24, 2.45) is 0 Å². The smallest absolute Gasteiger partial charge is 0.243 e. The molecule has 3 heterocycles. The van der Waals surface area contributed by atoms with Gasteiger partial charge in [0.15, 0.2) is 17.3 Å². The van der Waals surface area contributed by atoms with Gasteiger partial charge in [-0.1, -0.05) is 29.7 Å². The lowest BCUT2D eigenvalue weighted by molar-refractivity contribution is 0.0950. The predicted octanol–water partition coefficient (Wildman–Crippen LogP) is 3.77. The molecule has 208 valence electrons. The molecule has 2 atom stereocenters. The molecule has 39 heavy (non-hydrogen) atoms. The summed E-state index contributed by atoms with van der Waals surface area (Å²) in [5.41, 5.74) is 1.48. The van der Waals surface area contributed by atoms with Crippen molar-refractivity contribution < 1.29 is 27.2 Å². The molecule has 1 N–H and O–H groups in total. The number of aryl methyl sites for hydroxylation is 1. The van der Waals surface area contributed by atoms with Crippen LogP contribution in [0.4, 0.5) is 5.95 Å². The fourth-order valence-corrected chi connectivity index (χ4v) is 5.26. The fraction of sp³-hybridized carbons (Fsp3) is 0.375. The molecule has 0 aliphatic carbocycles. The van der Waals surface area contributed by atoms with Crippen molar-refractivity contribution in [3.05, 3.63) is 52.8 Å². The van der Waals surface area contributed by atoms with E-state index in [0.717, 1.165) is 5.56 Å². The molecular weight excluding hydrogens is 550 g/mol. The van der Waals surface area contributed by atoms with E-state index >= 15 is 0 Å². The van der Waals surface area contributed by atoms with Crippen LogP contribution in [0.3, 0.4) is 0 Å². The molecule has 0 amide bonds. The summed E-state index contributed by atoms with van der Waals surface area (Å²) in [5.74, 6) is 1.66. The molecule has 4 rings (SSSR count). The summed E-state index contributed by atoms with van der Waals surface area (Å²) in [6.07, 6.45) is 2.32. The Balaban J connectivity index is 1.86. The number of halogens is 1. The summed E-state index contributed by atoms with van der Waals surface area (Å²) in [5, 5.41) is 11.8. The van der Waals surface area contributed by atoms with Gasteiger partial charge in [-0.2, -0.15) is 0 Å². The first kappa shape index (κ1) is 28.3. The van der Waals surface area contributed by atoms with Crippen LogP contribution in [0.5, 0.6) is 11.5 Å². The lowest BCUT2D eigenvalue weighted by atomic mass is 10.1. The van der Waals surface area contributed by atoms with Gasteiger partial charge < -0.3 is 18.7 Å². The minimum atomic E-state index is -4.17. The van der Waals surface area contributed by atoms with Gasteiger partial charge in [0.05, 0.1) is 19.2 Å². The minimum Gasteiger partial charge on any atom is -0.494 e. The van der Waals surface area contributed by atoms with E-state index in [9.17, 15) is 8.42 Å². The van der Waals surface area contributed by atoms with Crippen LogP contribution in [0.2, 0.25) is 5.02 Å². The summed E-state index contributed by atoms with van der Waals surface area (Å²) in [6, 6.07) is 5.14. The second kappa shape index (κ2) is 11.6. The molecule has 15 heteroatoms. The van der Waals surface area contributed by atoms with E-state index in [1.807, 2.05) is 13.8 Å². The highest BCUT2D eigenvalue weighted by atomic mass is 35.5. The Morgan fingerprint density at radius 1 is 1.10 bits per heavy atom. The number of nitrogens with one attached hydrogen (secondary N) is 1. The SMILES string of the molecule is CCc1onc(-c2nnc(NS(=O)(=O)[C@@H](C)[C@H](OC)c3ncc(Cl)cn3)n2-c2c(OC)cccc2OC)c1C. The van der Waals surface area contributed by atoms with Crippen molar-refractivity contribution in [3.63, 3.8) is 0 Å². The van der Waals surface area contributed by atoms with E-state index < -0.39 is 21.4 Å². The Morgan fingerprint density at radius 3 is 2.28 bits per heavy atom. The Hall–Kier alpha value is -3.75. The summed E-state index contributed by atoms with van der Waals surface area (Å²) in [6.45, 7) is 5.24. The minimum absolute atomic E-state index is 0.132. The molecule has 13 nitrogen and oxygen atoms in total. The highest BCUT2D eigenvalue weighted by Gasteiger charge is 2.35. The highest BCUT2D eigenvalue weighted by Crippen LogP contribution is 2.38. The Bertz CT molecular complexity index is 1530. The second-order valence-electron chi connectivity index (χ2n) is 8.39. The monoisotopic (exact) mass is 577 g/mol. The number of para-hydroxylation sites is 1. The number of nitrogens with zero attached hydrogens (tertiary/aromatic N) is 6. The maximum absolute atomic E-state index is 13.6. The van der Waals surface area contributed by atoms with E-state index in [-0.39, 0.29) is 17.6 Å². The molecule has 3 aromatic heterocycles. The standard InChI is InChI=1S/C24H28ClN7O6S/c1-7-16-13(2)19(30-38-16)23-28-29-24(32(23)20-17(35-4)9-8-10-18(20)36-5)31-39(33,34)14(3)21(37-6)22-26-11-15(25)12-27-22/h8-12,14,21H,7H2,1-6H3,(H,29,31)/t14-,21-/m0/s1. The second-order valence-corrected chi connectivity index (χ2v) is 10.9. The predicted molar refractivity (Wildman–Crippen MR) is 143 cm³/mol. The zero-order valence-electron chi connectivity index (χ0n) is 22.2. The van der Waals surface area contributed by atoms with Crippen molar-refractivity contribution >= 4 is 27.6 Å². The first-order valence-corrected chi connectivity index (χ1v) is 13.7. The van der Waals surface area contributed by atoms with E-state index in [0.29, 0.717) is 40.1 Å². The molecule has 0 aliphatic heterocycles. The quantitative estimate of drug-likeness (QED) is 0.277. The number of hydrogen-bond acceptors (Lipinski definition) is 11. The zero-order valence-corrected chi connectivity index (χ0v) is 23.7. The van der Waals surface area contributed by atoms with Crippen molar-refractivity contribution in [1.29, 1.82) is 0 Å². The molecule has 0 unspecified atom stereocenters. The molecule has 0 bridgehead atoms. The van der Waals surface area contributed by atoms with E-state index in [1.165, 1.54) is 45.2 Å². The number of anilines is 1. The van der Waals surface area contributed by atoms with Gasteiger partial charge in [-0.3, -0.25) is 9.29 Å². The Kier molecular flexibility index (Phi) is 8.37. The molecule has 0 saturated carbocycles. The van der Waals surface area contributed by atoms with Crippen LogP contribution >= 0.6 is 11.6 Å². The third-order valence-corrected chi connectivity index (χ3v) is 8.03. The maximum atomic E-state index is 13.6. The fourth-order valence-electron chi connectivity index (χ4n) is 4.03. The third-order valence-electron chi connectivity index (χ3n) is 6.14. The van der Waals surface area contributed by atoms with Gasteiger partial charge in [0.2, 0.25) is 16.0 Å². The van der Waals surface area contributed by atoms with Gasteiger partial charge in [-0.25, -0.2) is 18.4 Å². The number of hydrogen-bond donors (Lipinski definition) is 1. The normalized spacial score (nSPS) is 13.2. The summed E-state index contributed by atoms with van der Waals surface area (Å²) in [7, 11) is 0.173. The molecule has 1 aromatic carbocycles. The lowest BCUT2D eigenvalue weighted by Crippen LogP contribution is -2.33. The highest BCUT2D eigenvalue weighted by molar-refractivity contribution is 7.93. The molecule has 0 fully saturated rings. The van der Waals surface area contributed by atoms with Crippen molar-refractivity contribution in [2.45, 2.75) is 38.5 Å². The number of methoxy groups -OCH3 is 3. The van der Waals surface area contributed by atoms with E-state index in [2.05, 4.69) is 30.0 Å². The number of benzene rings is 1. The molecule has 4 aromatic rings. The van der Waals surface area contributed by atoms with Crippen molar-refractivity contribution in [2.75, 3.05) is 26.1 Å². The Morgan fingerprint density at radius 2 is 1.74 bits per heavy atom. The first-order valence-electron chi connectivity index (χ1n) is 11.8. The Labute approximate surface area is 230 Å². The van der Waals surface area contributed by atoms with Crippen LogP contribution in [0.15, 0.2) is 35.1 Å². The average Bonchev–Trinajstić information content (AvgIpc) is 3.51. The maximum Gasteiger partial charge on any atom is 0.243 e. The van der Waals surface area contributed by atoms with Gasteiger partial charge in [0.1, 0.15) is 34.3 Å². The first-order chi connectivity index (χ1) is 18.7. The van der Waals surface area contributed by atoms with Gasteiger partial charge in [-0.15, -0.1) is 10.2 Å². The average molecular weight is 578 g/mol. The molecule has 0 spiro atoms. The topological polar surface area (TPSA) is 156 Å². The van der Waals surface area contributed by atoms with Crippen LogP contribution in [0, 0.1) is 6.92 Å². The van der Waals surface area contributed by atoms with Crippen LogP contribution in [0.1, 0.15) is 37.1 Å².